The molecule has 0 atom stereocenters. The van der Waals surface area contributed by atoms with Crippen LogP contribution in [0.4, 0.5) is 14.1 Å². The minimum absolute atomic E-state index is 0. The molecular weight excluding hydrogens is 295 g/mol. The van der Waals surface area contributed by atoms with E-state index in [-0.39, 0.29) is 45.2 Å². The van der Waals surface area contributed by atoms with E-state index in [4.69, 9.17) is 0 Å². The summed E-state index contributed by atoms with van der Waals surface area (Å²) in [6.07, 6.45) is 0. The molecule has 0 fully saturated rings. The molecule has 0 N–H and O–H groups in total. The van der Waals surface area contributed by atoms with Crippen LogP contribution in [0, 0.1) is 31.1 Å². The zero-order valence-corrected chi connectivity index (χ0v) is 5.89. The standard InChI is InChI=1S/3FH.U/h3*1H;. The minimum Gasteiger partial charge on any atom is -0.269 e. The molecule has 0 unspecified atom stereocenters. The monoisotopic (exact) mass is 298 g/mol. The Morgan fingerprint density at radius 3 is 0.500 bits per heavy atom. The molecule has 0 heterocycles. The van der Waals surface area contributed by atoms with Gasteiger partial charge in [0, 0.05) is 31.1 Å². The van der Waals surface area contributed by atoms with E-state index >= 15 is 0 Å². The Morgan fingerprint density at radius 1 is 0.500 bits per heavy atom. The molecule has 0 saturated carbocycles. The summed E-state index contributed by atoms with van der Waals surface area (Å²) in [7, 11) is 0. The van der Waals surface area contributed by atoms with Crippen molar-refractivity contribution in [1.82, 2.24) is 0 Å². The zero-order valence-electron chi connectivity index (χ0n) is 1.72. The van der Waals surface area contributed by atoms with Gasteiger partial charge in [0.05, 0.1) is 0 Å². The molecule has 0 aliphatic heterocycles. The van der Waals surface area contributed by atoms with Crippen molar-refractivity contribution >= 4 is 0 Å². The average Bonchev–Trinajstić information content (AvgIpc) is 0. The van der Waals surface area contributed by atoms with Crippen LogP contribution in [0.25, 0.3) is 0 Å². The van der Waals surface area contributed by atoms with Crippen molar-refractivity contribution in [3.05, 3.63) is 0 Å². The summed E-state index contributed by atoms with van der Waals surface area (Å²) in [6, 6.07) is 0. The first-order valence-corrected chi connectivity index (χ1v) is 0. The molecule has 0 aromatic heterocycles. The largest absolute Gasteiger partial charge is 0.269 e. The van der Waals surface area contributed by atoms with Crippen LogP contribution >= 0.6 is 0 Å². The summed E-state index contributed by atoms with van der Waals surface area (Å²) in [5.41, 5.74) is 0. The Balaban J connectivity index is 0. The number of hydrogen-bond donors (Lipinski definition) is 0. The average molecular weight is 298 g/mol. The fourth-order valence-corrected chi connectivity index (χ4v) is 0. The molecule has 0 spiro atoms. The normalized spacial score (nSPS) is 0. The fraction of sp³-hybridized carbons (Fsp3) is 0. The van der Waals surface area contributed by atoms with E-state index in [0.29, 0.717) is 0 Å². The van der Waals surface area contributed by atoms with E-state index in [1.165, 1.54) is 0 Å². The molecule has 0 saturated heterocycles. The number of halogens is 3. The molecule has 0 nitrogen and oxygen atoms in total. The van der Waals surface area contributed by atoms with Crippen LogP contribution in [-0.2, 0) is 0 Å². The first-order valence-electron chi connectivity index (χ1n) is 0. The summed E-state index contributed by atoms with van der Waals surface area (Å²) in [5, 5.41) is 0. The Morgan fingerprint density at radius 2 is 0.500 bits per heavy atom. The van der Waals surface area contributed by atoms with Gasteiger partial charge in [-0.1, -0.05) is 0 Å². The summed E-state index contributed by atoms with van der Waals surface area (Å²) in [5.74, 6) is 0. The predicted octanol–water partition coefficient (Wildman–Crippen LogP) is 0.458. The topological polar surface area (TPSA) is 0 Å². The fourth-order valence-electron chi connectivity index (χ4n) is 0. The van der Waals surface area contributed by atoms with Gasteiger partial charge in [-0.25, -0.2) is 0 Å². The maximum Gasteiger partial charge on any atom is 0 e. The predicted molar refractivity (Wildman–Crippen MR) is 7.51 cm³/mol. The van der Waals surface area contributed by atoms with Crippen LogP contribution in [0.5, 0.6) is 0 Å². The minimum atomic E-state index is 0. The molecule has 4 heteroatoms. The van der Waals surface area contributed by atoms with Gasteiger partial charge in [-0.15, -0.1) is 0 Å². The summed E-state index contributed by atoms with van der Waals surface area (Å²) < 4.78 is 0. The van der Waals surface area contributed by atoms with Crippen LogP contribution in [-0.4, -0.2) is 0 Å². The summed E-state index contributed by atoms with van der Waals surface area (Å²) in [4.78, 5) is 0. The molecule has 4 heavy (non-hydrogen) atoms. The third-order valence-corrected chi connectivity index (χ3v) is 0. The maximum absolute atomic E-state index is 0. The molecule has 0 aromatic rings. The van der Waals surface area contributed by atoms with E-state index in [9.17, 15) is 0 Å². The third kappa shape index (κ3) is 13.6. The molecule has 0 aromatic carbocycles. The summed E-state index contributed by atoms with van der Waals surface area (Å²) in [6.45, 7) is 0. The van der Waals surface area contributed by atoms with Crippen molar-refractivity contribution in [1.29, 1.82) is 0 Å². The van der Waals surface area contributed by atoms with Crippen molar-refractivity contribution in [3.8, 4) is 0 Å². The second kappa shape index (κ2) is 43.8. The van der Waals surface area contributed by atoms with Gasteiger partial charge in [-0.3, -0.25) is 14.1 Å². The Kier molecular flexibility index (Phi) is 1100. The number of hydrogen-bond acceptors (Lipinski definition) is 0. The third-order valence-electron chi connectivity index (χ3n) is 0. The summed E-state index contributed by atoms with van der Waals surface area (Å²) >= 11 is 0. The second-order valence-corrected chi connectivity index (χ2v) is 0. The van der Waals surface area contributed by atoms with Crippen LogP contribution in [0.15, 0.2) is 0 Å². The van der Waals surface area contributed by atoms with Gasteiger partial charge in [-0.2, -0.15) is 0 Å². The first-order chi connectivity index (χ1) is 0. The molecule has 0 radical (unpaired) electrons. The van der Waals surface area contributed by atoms with E-state index < -0.39 is 0 Å². The van der Waals surface area contributed by atoms with Gasteiger partial charge >= 0.3 is 0 Å². The molecular formula is H3F3U. The molecule has 0 bridgehead atoms. The van der Waals surface area contributed by atoms with Crippen LogP contribution in [0.3, 0.4) is 0 Å². The van der Waals surface area contributed by atoms with E-state index in [2.05, 4.69) is 0 Å². The van der Waals surface area contributed by atoms with Gasteiger partial charge in [0.1, 0.15) is 0 Å². The van der Waals surface area contributed by atoms with Gasteiger partial charge in [0.15, 0.2) is 0 Å². The molecule has 0 amide bonds. The van der Waals surface area contributed by atoms with Crippen molar-refractivity contribution in [3.63, 3.8) is 0 Å². The van der Waals surface area contributed by atoms with E-state index in [1.54, 1.807) is 0 Å². The smallest absolute Gasteiger partial charge is 0 e. The van der Waals surface area contributed by atoms with Crippen molar-refractivity contribution < 1.29 is 45.2 Å². The van der Waals surface area contributed by atoms with Gasteiger partial charge < -0.3 is 0 Å². The molecule has 28 valence electrons. The van der Waals surface area contributed by atoms with Crippen molar-refractivity contribution in [2.24, 2.45) is 0 Å². The van der Waals surface area contributed by atoms with Crippen LogP contribution in [0.2, 0.25) is 0 Å². The van der Waals surface area contributed by atoms with Gasteiger partial charge in [-0.05, 0) is 0 Å². The Labute approximate surface area is 45.4 Å². The van der Waals surface area contributed by atoms with Crippen molar-refractivity contribution in [2.45, 2.75) is 0 Å². The number of rotatable bonds is 0. The Bertz CT molecular complexity index is 3.25. The van der Waals surface area contributed by atoms with Gasteiger partial charge in [0.2, 0.25) is 0 Å². The second-order valence-electron chi connectivity index (χ2n) is 0. The van der Waals surface area contributed by atoms with Crippen LogP contribution in [0.1, 0.15) is 0 Å². The van der Waals surface area contributed by atoms with Crippen molar-refractivity contribution in [2.75, 3.05) is 0 Å². The molecule has 0 rings (SSSR count). The maximum atomic E-state index is 0. The van der Waals surface area contributed by atoms with E-state index in [1.807, 2.05) is 0 Å². The van der Waals surface area contributed by atoms with Gasteiger partial charge in [0.25, 0.3) is 0 Å². The molecule has 0 aliphatic rings. The van der Waals surface area contributed by atoms with Crippen LogP contribution < -0.4 is 0 Å². The quantitative estimate of drug-likeness (QED) is 0.609. The SMILES string of the molecule is F.F.F.[U]. The molecule has 0 aliphatic carbocycles. The first kappa shape index (κ1) is 101. The Hall–Kier alpha value is 0.842. The van der Waals surface area contributed by atoms with E-state index in [0.717, 1.165) is 0 Å². The zero-order chi connectivity index (χ0) is 0.